The van der Waals surface area contributed by atoms with Crippen LogP contribution in [0.4, 0.5) is 0 Å². The molecule has 1 fully saturated rings. The highest BCUT2D eigenvalue weighted by Gasteiger charge is 2.22. The number of aryl methyl sites for hydroxylation is 1. The van der Waals surface area contributed by atoms with Crippen molar-refractivity contribution in [1.82, 2.24) is 20.0 Å². The van der Waals surface area contributed by atoms with Gasteiger partial charge in [0.15, 0.2) is 5.82 Å². The lowest BCUT2D eigenvalue weighted by molar-refractivity contribution is -0.0139. The van der Waals surface area contributed by atoms with E-state index in [4.69, 9.17) is 9.26 Å². The van der Waals surface area contributed by atoms with E-state index in [2.05, 4.69) is 26.9 Å². The van der Waals surface area contributed by atoms with Gasteiger partial charge in [0.25, 0.3) is 5.89 Å². The normalized spacial score (nSPS) is 17.9. The van der Waals surface area contributed by atoms with Gasteiger partial charge in [-0.1, -0.05) is 28.9 Å². The average Bonchev–Trinajstić information content (AvgIpc) is 3.16. The Morgan fingerprint density at radius 1 is 1.19 bits per heavy atom. The molecular weight excluding hydrogens is 340 g/mol. The number of likely N-dealkylation sites (tertiary alicyclic amines) is 1. The predicted octanol–water partition coefficient (Wildman–Crippen LogP) is 3.62. The van der Waals surface area contributed by atoms with Gasteiger partial charge in [0, 0.05) is 18.3 Å². The van der Waals surface area contributed by atoms with Crippen molar-refractivity contribution >= 4 is 0 Å². The van der Waals surface area contributed by atoms with E-state index in [1.165, 1.54) is 5.56 Å². The van der Waals surface area contributed by atoms with Gasteiger partial charge in [-0.3, -0.25) is 9.88 Å². The number of hydrogen-bond donors (Lipinski definition) is 0. The molecule has 140 valence electrons. The van der Waals surface area contributed by atoms with Crippen molar-refractivity contribution in [1.29, 1.82) is 0 Å². The molecule has 0 spiro atoms. The molecule has 0 aliphatic carbocycles. The fourth-order valence-electron chi connectivity index (χ4n) is 3.31. The lowest BCUT2D eigenvalue weighted by Gasteiger charge is -2.31. The molecule has 27 heavy (non-hydrogen) atoms. The van der Waals surface area contributed by atoms with Gasteiger partial charge < -0.3 is 9.26 Å². The molecule has 1 aliphatic rings. The molecule has 0 N–H and O–H groups in total. The van der Waals surface area contributed by atoms with E-state index in [0.29, 0.717) is 19.0 Å². The molecule has 6 heteroatoms. The summed E-state index contributed by atoms with van der Waals surface area (Å²) in [7, 11) is 0. The quantitative estimate of drug-likeness (QED) is 0.666. The Morgan fingerprint density at radius 3 is 2.89 bits per heavy atom. The second-order valence-electron chi connectivity index (χ2n) is 7.01. The standard InChI is InChI=1S/C21H24N4O2/c1-16-7-9-17(10-8-16)21-23-20(24-27-21)14-25-12-4-6-19(13-25)26-15-18-5-2-3-11-22-18/h2-3,5,7-11,19H,4,6,12-15H2,1H3. The van der Waals surface area contributed by atoms with Crippen molar-refractivity contribution in [3.8, 4) is 11.5 Å². The number of benzene rings is 1. The van der Waals surface area contributed by atoms with Crippen LogP contribution in [0.25, 0.3) is 11.5 Å². The highest BCUT2D eigenvalue weighted by molar-refractivity contribution is 5.53. The molecule has 1 saturated heterocycles. The third-order valence-electron chi connectivity index (χ3n) is 4.79. The fraction of sp³-hybridized carbons (Fsp3) is 0.381. The second-order valence-corrected chi connectivity index (χ2v) is 7.01. The van der Waals surface area contributed by atoms with E-state index in [-0.39, 0.29) is 6.10 Å². The van der Waals surface area contributed by atoms with Crippen LogP contribution in [-0.2, 0) is 17.9 Å². The molecule has 1 aromatic carbocycles. The monoisotopic (exact) mass is 364 g/mol. The summed E-state index contributed by atoms with van der Waals surface area (Å²) in [6.07, 6.45) is 4.19. The summed E-state index contributed by atoms with van der Waals surface area (Å²) in [6.45, 7) is 5.20. The van der Waals surface area contributed by atoms with Crippen LogP contribution in [0.15, 0.2) is 53.2 Å². The Kier molecular flexibility index (Phi) is 5.55. The summed E-state index contributed by atoms with van der Waals surface area (Å²) in [5.41, 5.74) is 3.13. The number of pyridine rings is 1. The first kappa shape index (κ1) is 17.8. The smallest absolute Gasteiger partial charge is 0.257 e. The van der Waals surface area contributed by atoms with Crippen LogP contribution in [0, 0.1) is 6.92 Å². The second kappa shape index (κ2) is 8.41. The summed E-state index contributed by atoms with van der Waals surface area (Å²) in [4.78, 5) is 11.2. The maximum absolute atomic E-state index is 6.05. The lowest BCUT2D eigenvalue weighted by Crippen LogP contribution is -2.39. The molecule has 1 aliphatic heterocycles. The van der Waals surface area contributed by atoms with Crippen molar-refractivity contribution < 1.29 is 9.26 Å². The van der Waals surface area contributed by atoms with Gasteiger partial charge in [0.05, 0.1) is 24.9 Å². The molecule has 3 heterocycles. The molecule has 1 unspecified atom stereocenters. The minimum atomic E-state index is 0.212. The Balaban J connectivity index is 1.32. The van der Waals surface area contributed by atoms with Crippen LogP contribution in [0.3, 0.4) is 0 Å². The van der Waals surface area contributed by atoms with E-state index < -0.39 is 0 Å². The number of piperidine rings is 1. The molecule has 3 aromatic rings. The molecule has 0 radical (unpaired) electrons. The number of aromatic nitrogens is 3. The molecule has 0 amide bonds. The van der Waals surface area contributed by atoms with Crippen molar-refractivity contribution in [3.63, 3.8) is 0 Å². The van der Waals surface area contributed by atoms with Gasteiger partial charge in [0.1, 0.15) is 0 Å². The minimum absolute atomic E-state index is 0.212. The summed E-state index contributed by atoms with van der Waals surface area (Å²) >= 11 is 0. The van der Waals surface area contributed by atoms with Crippen molar-refractivity contribution in [2.75, 3.05) is 13.1 Å². The molecule has 2 aromatic heterocycles. The zero-order chi connectivity index (χ0) is 18.5. The fourth-order valence-corrected chi connectivity index (χ4v) is 3.31. The van der Waals surface area contributed by atoms with Crippen molar-refractivity contribution in [3.05, 3.63) is 65.7 Å². The largest absolute Gasteiger partial charge is 0.371 e. The van der Waals surface area contributed by atoms with Crippen LogP contribution in [0.2, 0.25) is 0 Å². The Hall–Kier alpha value is -2.57. The van der Waals surface area contributed by atoms with Crippen LogP contribution < -0.4 is 0 Å². The average molecular weight is 364 g/mol. The first-order valence-corrected chi connectivity index (χ1v) is 9.40. The van der Waals surface area contributed by atoms with Gasteiger partial charge in [-0.2, -0.15) is 4.98 Å². The maximum atomic E-state index is 6.05. The summed E-state index contributed by atoms with van der Waals surface area (Å²) < 4.78 is 11.5. The molecule has 0 saturated carbocycles. The Bertz CT molecular complexity index is 848. The van der Waals surface area contributed by atoms with Crippen molar-refractivity contribution in [2.45, 2.75) is 39.0 Å². The number of nitrogens with zero attached hydrogens (tertiary/aromatic N) is 4. The van der Waals surface area contributed by atoms with E-state index in [1.807, 2.05) is 42.5 Å². The maximum Gasteiger partial charge on any atom is 0.257 e. The van der Waals surface area contributed by atoms with Gasteiger partial charge in [-0.25, -0.2) is 0 Å². The van der Waals surface area contributed by atoms with Crippen LogP contribution in [-0.4, -0.2) is 39.2 Å². The summed E-state index contributed by atoms with van der Waals surface area (Å²) in [6, 6.07) is 14.0. The molecule has 0 bridgehead atoms. The van der Waals surface area contributed by atoms with Crippen LogP contribution in [0.5, 0.6) is 0 Å². The molecular formula is C21H24N4O2. The van der Waals surface area contributed by atoms with Gasteiger partial charge >= 0.3 is 0 Å². The number of ether oxygens (including phenoxy) is 1. The third kappa shape index (κ3) is 4.78. The van der Waals surface area contributed by atoms with E-state index in [9.17, 15) is 0 Å². The number of hydrogen-bond acceptors (Lipinski definition) is 6. The van der Waals surface area contributed by atoms with Crippen molar-refractivity contribution in [2.24, 2.45) is 0 Å². The van der Waals surface area contributed by atoms with Gasteiger partial charge in [-0.05, 0) is 50.6 Å². The Morgan fingerprint density at radius 2 is 2.07 bits per heavy atom. The summed E-state index contributed by atoms with van der Waals surface area (Å²) in [5.74, 6) is 1.29. The zero-order valence-electron chi connectivity index (χ0n) is 15.5. The topological polar surface area (TPSA) is 64.3 Å². The first-order chi connectivity index (χ1) is 13.3. The van der Waals surface area contributed by atoms with E-state index in [1.54, 1.807) is 6.20 Å². The van der Waals surface area contributed by atoms with Crippen LogP contribution >= 0.6 is 0 Å². The number of rotatable bonds is 6. The van der Waals surface area contributed by atoms with Gasteiger partial charge in [-0.15, -0.1) is 0 Å². The lowest BCUT2D eigenvalue weighted by atomic mass is 10.1. The van der Waals surface area contributed by atoms with Crippen LogP contribution in [0.1, 0.15) is 29.9 Å². The minimum Gasteiger partial charge on any atom is -0.371 e. The SMILES string of the molecule is Cc1ccc(-c2nc(CN3CCCC(OCc4ccccn4)C3)no2)cc1. The first-order valence-electron chi connectivity index (χ1n) is 9.40. The third-order valence-corrected chi connectivity index (χ3v) is 4.79. The molecule has 6 nitrogen and oxygen atoms in total. The van der Waals surface area contributed by atoms with E-state index >= 15 is 0 Å². The zero-order valence-corrected chi connectivity index (χ0v) is 15.5. The molecule has 1 atom stereocenters. The highest BCUT2D eigenvalue weighted by Crippen LogP contribution is 2.20. The molecule has 4 rings (SSSR count). The van der Waals surface area contributed by atoms with E-state index in [0.717, 1.165) is 43.0 Å². The Labute approximate surface area is 159 Å². The summed E-state index contributed by atoms with van der Waals surface area (Å²) in [5, 5.41) is 4.15. The predicted molar refractivity (Wildman–Crippen MR) is 102 cm³/mol. The highest BCUT2D eigenvalue weighted by atomic mass is 16.5. The van der Waals surface area contributed by atoms with Gasteiger partial charge in [0.2, 0.25) is 0 Å².